The van der Waals surface area contributed by atoms with E-state index in [1.54, 1.807) is 0 Å². The minimum absolute atomic E-state index is 0.535. The van der Waals surface area contributed by atoms with Crippen molar-refractivity contribution in [2.75, 3.05) is 50.1 Å². The fourth-order valence-electron chi connectivity index (χ4n) is 5.68. The summed E-state index contributed by atoms with van der Waals surface area (Å²) in [6, 6.07) is 4.54. The summed E-state index contributed by atoms with van der Waals surface area (Å²) in [7, 11) is 2.13. The molecule has 2 N–H and O–H groups in total. The van der Waals surface area contributed by atoms with Gasteiger partial charge in [-0.05, 0) is 55.9 Å². The van der Waals surface area contributed by atoms with Crippen LogP contribution in [0.4, 0.5) is 17.6 Å². The third kappa shape index (κ3) is 4.03. The van der Waals surface area contributed by atoms with Crippen molar-refractivity contribution >= 4 is 17.6 Å². The standard InChI is InChI=1S/C23H33N7O/c1-29(18-11-23(12-18)14-30(15-23)13-16-5-8-31-9-6-16)22-24-7-4-20(26-22)25-21-10-19(27-28-21)17-2-3-17/h4,7,10,16-18H,2-3,5-6,8-9,11-15H2,1H3,(H2,24,25,26,27,28). The van der Waals surface area contributed by atoms with Gasteiger partial charge in [-0.1, -0.05) is 0 Å². The highest BCUT2D eigenvalue weighted by Gasteiger charge is 2.53. The molecule has 2 aliphatic carbocycles. The average molecular weight is 424 g/mol. The minimum Gasteiger partial charge on any atom is -0.381 e. The summed E-state index contributed by atoms with van der Waals surface area (Å²) in [4.78, 5) is 14.2. The van der Waals surface area contributed by atoms with Gasteiger partial charge in [-0.3, -0.25) is 5.10 Å². The van der Waals surface area contributed by atoms with Crippen LogP contribution in [0.3, 0.4) is 0 Å². The summed E-state index contributed by atoms with van der Waals surface area (Å²) >= 11 is 0. The van der Waals surface area contributed by atoms with E-state index in [1.165, 1.54) is 63.9 Å². The highest BCUT2D eigenvalue weighted by molar-refractivity contribution is 5.54. The molecule has 4 fully saturated rings. The molecular formula is C23H33N7O. The highest BCUT2D eigenvalue weighted by atomic mass is 16.5. The number of nitrogens with zero attached hydrogens (tertiary/aromatic N) is 5. The molecule has 0 radical (unpaired) electrons. The predicted octanol–water partition coefficient (Wildman–Crippen LogP) is 3.15. The van der Waals surface area contributed by atoms with Gasteiger partial charge in [0.2, 0.25) is 5.95 Å². The lowest BCUT2D eigenvalue weighted by molar-refractivity contribution is -0.0839. The van der Waals surface area contributed by atoms with Crippen LogP contribution >= 0.6 is 0 Å². The molecule has 6 rings (SSSR count). The van der Waals surface area contributed by atoms with E-state index in [2.05, 4.69) is 43.4 Å². The van der Waals surface area contributed by atoms with Crippen LogP contribution in [0.15, 0.2) is 18.3 Å². The number of likely N-dealkylation sites (tertiary alicyclic amines) is 1. The minimum atomic E-state index is 0.535. The van der Waals surface area contributed by atoms with Crippen molar-refractivity contribution < 1.29 is 4.74 Å². The smallest absolute Gasteiger partial charge is 0.227 e. The molecule has 0 aromatic carbocycles. The number of H-pyrrole nitrogens is 1. The number of rotatable bonds is 7. The number of nitrogens with one attached hydrogen (secondary N) is 2. The molecule has 8 heteroatoms. The zero-order chi connectivity index (χ0) is 20.8. The third-order valence-electron chi connectivity index (χ3n) is 7.69. The number of aromatic amines is 1. The second kappa shape index (κ2) is 7.74. The van der Waals surface area contributed by atoms with Gasteiger partial charge in [-0.25, -0.2) is 4.98 Å². The first-order valence-corrected chi connectivity index (χ1v) is 11.8. The van der Waals surface area contributed by atoms with Crippen molar-refractivity contribution in [2.45, 2.75) is 50.5 Å². The van der Waals surface area contributed by atoms with Gasteiger partial charge in [0, 0.05) is 69.8 Å². The molecule has 31 heavy (non-hydrogen) atoms. The van der Waals surface area contributed by atoms with Crippen molar-refractivity contribution in [3.05, 3.63) is 24.0 Å². The predicted molar refractivity (Wildman–Crippen MR) is 120 cm³/mol. The van der Waals surface area contributed by atoms with Crippen LogP contribution in [0.5, 0.6) is 0 Å². The summed E-state index contributed by atoms with van der Waals surface area (Å²) in [6.45, 7) is 5.69. The summed E-state index contributed by atoms with van der Waals surface area (Å²) in [5, 5.41) is 10.8. The lowest BCUT2D eigenvalue weighted by Gasteiger charge is -2.61. The molecule has 2 saturated carbocycles. The van der Waals surface area contributed by atoms with Crippen LogP contribution in [0.2, 0.25) is 0 Å². The normalized spacial score (nSPS) is 24.0. The molecule has 0 unspecified atom stereocenters. The van der Waals surface area contributed by atoms with Crippen LogP contribution in [0.25, 0.3) is 0 Å². The first kappa shape index (κ1) is 19.5. The van der Waals surface area contributed by atoms with Gasteiger partial charge in [0.1, 0.15) is 5.82 Å². The monoisotopic (exact) mass is 423 g/mol. The van der Waals surface area contributed by atoms with Gasteiger partial charge in [-0.2, -0.15) is 10.1 Å². The van der Waals surface area contributed by atoms with E-state index in [9.17, 15) is 0 Å². The van der Waals surface area contributed by atoms with Crippen molar-refractivity contribution in [3.8, 4) is 0 Å². The fraction of sp³-hybridized carbons (Fsp3) is 0.696. The molecule has 4 heterocycles. The lowest BCUT2D eigenvalue weighted by atomic mass is 9.60. The number of hydrogen-bond acceptors (Lipinski definition) is 7. The number of aromatic nitrogens is 4. The van der Waals surface area contributed by atoms with E-state index in [0.717, 1.165) is 36.7 Å². The molecule has 1 spiro atoms. The first-order valence-electron chi connectivity index (χ1n) is 11.8. The van der Waals surface area contributed by atoms with E-state index in [-0.39, 0.29) is 0 Å². The Bertz CT molecular complexity index is 906. The largest absolute Gasteiger partial charge is 0.381 e. The zero-order valence-corrected chi connectivity index (χ0v) is 18.4. The Labute approximate surface area is 183 Å². The van der Waals surface area contributed by atoms with Gasteiger partial charge in [0.15, 0.2) is 5.82 Å². The summed E-state index contributed by atoms with van der Waals surface area (Å²) in [6.07, 6.45) is 9.33. The molecule has 2 aliphatic heterocycles. The average Bonchev–Trinajstić information content (AvgIpc) is 3.49. The summed E-state index contributed by atoms with van der Waals surface area (Å²) < 4.78 is 5.50. The molecule has 166 valence electrons. The molecular weight excluding hydrogens is 390 g/mol. The second-order valence-corrected chi connectivity index (χ2v) is 10.2. The van der Waals surface area contributed by atoms with Gasteiger partial charge in [0.25, 0.3) is 0 Å². The van der Waals surface area contributed by atoms with Gasteiger partial charge in [-0.15, -0.1) is 0 Å². The van der Waals surface area contributed by atoms with E-state index in [4.69, 9.17) is 9.72 Å². The molecule has 0 atom stereocenters. The molecule has 0 bridgehead atoms. The van der Waals surface area contributed by atoms with Crippen molar-refractivity contribution in [3.63, 3.8) is 0 Å². The Kier molecular flexibility index (Phi) is 4.87. The van der Waals surface area contributed by atoms with Crippen molar-refractivity contribution in [1.82, 2.24) is 25.1 Å². The van der Waals surface area contributed by atoms with Crippen LogP contribution in [0.1, 0.15) is 50.1 Å². The maximum absolute atomic E-state index is 5.50. The highest BCUT2D eigenvalue weighted by Crippen LogP contribution is 2.50. The zero-order valence-electron chi connectivity index (χ0n) is 18.4. The third-order valence-corrected chi connectivity index (χ3v) is 7.69. The number of hydrogen-bond donors (Lipinski definition) is 2. The second-order valence-electron chi connectivity index (χ2n) is 10.2. The van der Waals surface area contributed by atoms with Crippen LogP contribution in [0, 0.1) is 11.3 Å². The van der Waals surface area contributed by atoms with Crippen molar-refractivity contribution in [1.29, 1.82) is 0 Å². The fourth-order valence-corrected chi connectivity index (χ4v) is 5.68. The first-order chi connectivity index (χ1) is 15.2. The molecule has 8 nitrogen and oxygen atoms in total. The Morgan fingerprint density at radius 1 is 1.19 bits per heavy atom. The van der Waals surface area contributed by atoms with E-state index in [1.807, 2.05) is 12.3 Å². The lowest BCUT2D eigenvalue weighted by Crippen LogP contribution is -2.66. The van der Waals surface area contributed by atoms with Gasteiger partial charge < -0.3 is 19.9 Å². The van der Waals surface area contributed by atoms with Crippen LogP contribution < -0.4 is 10.2 Å². The Balaban J connectivity index is 1.01. The van der Waals surface area contributed by atoms with E-state index >= 15 is 0 Å². The Morgan fingerprint density at radius 3 is 2.77 bits per heavy atom. The summed E-state index contributed by atoms with van der Waals surface area (Å²) in [5.41, 5.74) is 1.76. The van der Waals surface area contributed by atoms with Crippen LogP contribution in [-0.2, 0) is 4.74 Å². The Hall–Kier alpha value is -2.19. The molecule has 0 amide bonds. The maximum atomic E-state index is 5.50. The van der Waals surface area contributed by atoms with E-state index < -0.39 is 0 Å². The van der Waals surface area contributed by atoms with Gasteiger partial charge >= 0.3 is 0 Å². The molecule has 2 aromatic heterocycles. The van der Waals surface area contributed by atoms with Crippen LogP contribution in [-0.4, -0.2) is 71.0 Å². The topological polar surface area (TPSA) is 82.2 Å². The van der Waals surface area contributed by atoms with Crippen molar-refractivity contribution in [2.24, 2.45) is 11.3 Å². The van der Waals surface area contributed by atoms with E-state index in [0.29, 0.717) is 17.4 Å². The number of anilines is 3. The Morgan fingerprint density at radius 2 is 2.00 bits per heavy atom. The molecule has 2 saturated heterocycles. The number of ether oxygens (including phenoxy) is 1. The SMILES string of the molecule is CN(c1nccc(Nc2cc(C3CC3)[nH]n2)n1)C1CC2(C1)CN(CC1CCOCC1)C2. The summed E-state index contributed by atoms with van der Waals surface area (Å²) in [5.74, 6) is 3.92. The molecule has 2 aromatic rings. The molecule has 4 aliphatic rings. The maximum Gasteiger partial charge on any atom is 0.227 e. The quantitative estimate of drug-likeness (QED) is 0.708. The van der Waals surface area contributed by atoms with Gasteiger partial charge in [0.05, 0.1) is 0 Å².